The van der Waals surface area contributed by atoms with Crippen molar-refractivity contribution in [2.24, 2.45) is 0 Å². The van der Waals surface area contributed by atoms with E-state index in [1.54, 1.807) is 18.2 Å². The van der Waals surface area contributed by atoms with Gasteiger partial charge in [-0.2, -0.15) is 0 Å². The molecule has 1 heterocycles. The Balaban J connectivity index is 2.09. The van der Waals surface area contributed by atoms with Gasteiger partial charge in [-0.25, -0.2) is 8.78 Å². The molecule has 0 spiro atoms. The van der Waals surface area contributed by atoms with Crippen LogP contribution in [0.5, 0.6) is 0 Å². The maximum Gasteiger partial charge on any atom is 0.127 e. The third-order valence-electron chi connectivity index (χ3n) is 3.42. The quantitative estimate of drug-likeness (QED) is 0.803. The van der Waals surface area contributed by atoms with Gasteiger partial charge in [0.2, 0.25) is 0 Å². The van der Waals surface area contributed by atoms with Crippen LogP contribution in [0.1, 0.15) is 23.5 Å². The summed E-state index contributed by atoms with van der Waals surface area (Å²) >= 11 is 0. The smallest absolute Gasteiger partial charge is 0.127 e. The molecule has 0 bridgehead atoms. The molecule has 2 aromatic rings. The lowest BCUT2D eigenvalue weighted by atomic mass is 9.85. The van der Waals surface area contributed by atoms with Gasteiger partial charge in [-0.1, -0.05) is 24.3 Å². The van der Waals surface area contributed by atoms with Crippen molar-refractivity contribution in [1.29, 1.82) is 0 Å². The van der Waals surface area contributed by atoms with Gasteiger partial charge in [0.15, 0.2) is 0 Å². The highest BCUT2D eigenvalue weighted by molar-refractivity contribution is 5.57. The highest BCUT2D eigenvalue weighted by Crippen LogP contribution is 2.37. The van der Waals surface area contributed by atoms with Gasteiger partial charge in [-0.15, -0.1) is 0 Å². The Kier molecular flexibility index (Phi) is 2.74. The maximum absolute atomic E-state index is 13.9. The first kappa shape index (κ1) is 11.2. The summed E-state index contributed by atoms with van der Waals surface area (Å²) in [4.78, 5) is 0. The number of hydrogen-bond acceptors (Lipinski definition) is 1. The average molecular weight is 245 g/mol. The molecule has 1 unspecified atom stereocenters. The first-order valence-electron chi connectivity index (χ1n) is 6.03. The van der Waals surface area contributed by atoms with E-state index < -0.39 is 0 Å². The summed E-state index contributed by atoms with van der Waals surface area (Å²) < 4.78 is 27.0. The van der Waals surface area contributed by atoms with Crippen molar-refractivity contribution in [3.05, 3.63) is 65.2 Å². The Labute approximate surface area is 104 Å². The second kappa shape index (κ2) is 4.41. The number of anilines is 1. The maximum atomic E-state index is 13.9. The highest BCUT2D eigenvalue weighted by Gasteiger charge is 2.23. The van der Waals surface area contributed by atoms with Crippen LogP contribution in [0.25, 0.3) is 0 Å². The minimum atomic E-state index is -0.268. The fraction of sp³-hybridized carbons (Fsp3) is 0.200. The number of hydrogen-bond donors (Lipinski definition) is 1. The fourth-order valence-corrected chi connectivity index (χ4v) is 2.57. The second-order valence-corrected chi connectivity index (χ2v) is 4.52. The van der Waals surface area contributed by atoms with Gasteiger partial charge >= 0.3 is 0 Å². The van der Waals surface area contributed by atoms with Gasteiger partial charge in [0.05, 0.1) is 0 Å². The van der Waals surface area contributed by atoms with Crippen LogP contribution in [0.2, 0.25) is 0 Å². The second-order valence-electron chi connectivity index (χ2n) is 4.52. The van der Waals surface area contributed by atoms with E-state index in [1.807, 2.05) is 6.07 Å². The molecule has 0 fully saturated rings. The predicted octanol–water partition coefficient (Wildman–Crippen LogP) is 3.91. The number of halogens is 2. The Morgan fingerprint density at radius 2 is 1.83 bits per heavy atom. The summed E-state index contributed by atoms with van der Waals surface area (Å²) in [7, 11) is 0. The van der Waals surface area contributed by atoms with E-state index in [0.717, 1.165) is 24.2 Å². The van der Waals surface area contributed by atoms with Crippen molar-refractivity contribution in [2.75, 3.05) is 11.9 Å². The zero-order valence-corrected chi connectivity index (χ0v) is 9.79. The van der Waals surface area contributed by atoms with Gasteiger partial charge in [-0.3, -0.25) is 0 Å². The molecule has 92 valence electrons. The third kappa shape index (κ3) is 1.86. The molecule has 0 radical (unpaired) electrons. The van der Waals surface area contributed by atoms with Crippen molar-refractivity contribution in [1.82, 2.24) is 0 Å². The monoisotopic (exact) mass is 245 g/mol. The Hall–Kier alpha value is -1.90. The molecule has 0 saturated carbocycles. The van der Waals surface area contributed by atoms with E-state index in [4.69, 9.17) is 0 Å². The van der Waals surface area contributed by atoms with E-state index in [-0.39, 0.29) is 17.6 Å². The van der Waals surface area contributed by atoms with Crippen molar-refractivity contribution in [3.8, 4) is 0 Å². The van der Waals surface area contributed by atoms with Gasteiger partial charge < -0.3 is 5.32 Å². The first-order valence-corrected chi connectivity index (χ1v) is 6.03. The minimum absolute atomic E-state index is 0.00282. The lowest BCUT2D eigenvalue weighted by molar-refractivity contribution is 0.583. The lowest BCUT2D eigenvalue weighted by Gasteiger charge is -2.27. The summed E-state index contributed by atoms with van der Waals surface area (Å²) in [6.07, 6.45) is 0.819. The van der Waals surface area contributed by atoms with Gasteiger partial charge in [0.1, 0.15) is 11.6 Å². The topological polar surface area (TPSA) is 12.0 Å². The van der Waals surface area contributed by atoms with Gasteiger partial charge in [0, 0.05) is 18.2 Å². The molecular weight excluding hydrogens is 232 g/mol. The zero-order valence-electron chi connectivity index (χ0n) is 9.79. The number of benzene rings is 2. The van der Waals surface area contributed by atoms with Crippen LogP contribution in [-0.2, 0) is 0 Å². The molecule has 0 aromatic heterocycles. The minimum Gasteiger partial charge on any atom is -0.385 e. The van der Waals surface area contributed by atoms with Crippen LogP contribution >= 0.6 is 0 Å². The molecular formula is C15H13F2N. The SMILES string of the molecule is Fc1ccc2c(c1)NCCC2c1ccccc1F. The molecule has 3 rings (SSSR count). The standard InChI is InChI=1S/C15H13F2N/c16-10-5-6-13-11(7-8-18-15(13)9-10)12-3-1-2-4-14(12)17/h1-6,9,11,18H,7-8H2. The van der Waals surface area contributed by atoms with E-state index in [2.05, 4.69) is 5.32 Å². The molecule has 1 aliphatic rings. The van der Waals surface area contributed by atoms with Crippen LogP contribution in [-0.4, -0.2) is 6.54 Å². The van der Waals surface area contributed by atoms with Crippen molar-refractivity contribution < 1.29 is 8.78 Å². The molecule has 0 saturated heterocycles. The van der Waals surface area contributed by atoms with Crippen LogP contribution in [0.3, 0.4) is 0 Å². The Morgan fingerprint density at radius 1 is 1.00 bits per heavy atom. The summed E-state index contributed by atoms with van der Waals surface area (Å²) in [5.74, 6) is -0.460. The summed E-state index contributed by atoms with van der Waals surface area (Å²) in [5.41, 5.74) is 2.43. The zero-order chi connectivity index (χ0) is 12.5. The largest absolute Gasteiger partial charge is 0.385 e. The molecule has 1 aliphatic heterocycles. The molecule has 2 aromatic carbocycles. The third-order valence-corrected chi connectivity index (χ3v) is 3.42. The molecule has 0 amide bonds. The van der Waals surface area contributed by atoms with E-state index in [0.29, 0.717) is 5.56 Å². The van der Waals surface area contributed by atoms with Crippen LogP contribution in [0.15, 0.2) is 42.5 Å². The Bertz CT molecular complexity index is 580. The summed E-state index contributed by atoms with van der Waals surface area (Å²) in [6.45, 7) is 0.732. The van der Waals surface area contributed by atoms with Crippen molar-refractivity contribution in [2.45, 2.75) is 12.3 Å². The number of rotatable bonds is 1. The number of nitrogens with one attached hydrogen (secondary N) is 1. The van der Waals surface area contributed by atoms with E-state index in [1.165, 1.54) is 18.2 Å². The molecule has 18 heavy (non-hydrogen) atoms. The first-order chi connectivity index (χ1) is 8.75. The average Bonchev–Trinajstić information content (AvgIpc) is 2.38. The summed E-state index contributed by atoms with van der Waals surface area (Å²) in [5, 5.41) is 3.16. The van der Waals surface area contributed by atoms with E-state index >= 15 is 0 Å². The van der Waals surface area contributed by atoms with Crippen molar-refractivity contribution in [3.63, 3.8) is 0 Å². The van der Waals surface area contributed by atoms with Crippen LogP contribution in [0.4, 0.5) is 14.5 Å². The molecule has 1 atom stereocenters. The van der Waals surface area contributed by atoms with Crippen LogP contribution in [0, 0.1) is 11.6 Å². The summed E-state index contributed by atoms with van der Waals surface area (Å²) in [6, 6.07) is 11.4. The molecule has 1 N–H and O–H groups in total. The van der Waals surface area contributed by atoms with Gasteiger partial charge in [0.25, 0.3) is 0 Å². The normalized spacial score (nSPS) is 18.0. The molecule has 3 heteroatoms. The fourth-order valence-electron chi connectivity index (χ4n) is 2.57. The van der Waals surface area contributed by atoms with Gasteiger partial charge in [-0.05, 0) is 35.7 Å². The highest BCUT2D eigenvalue weighted by atomic mass is 19.1. The van der Waals surface area contributed by atoms with E-state index in [9.17, 15) is 8.78 Å². The number of fused-ring (bicyclic) bond motifs is 1. The predicted molar refractivity (Wildman–Crippen MR) is 67.7 cm³/mol. The Morgan fingerprint density at radius 3 is 2.67 bits per heavy atom. The molecule has 1 nitrogen and oxygen atoms in total. The molecule has 0 aliphatic carbocycles. The lowest BCUT2D eigenvalue weighted by Crippen LogP contribution is -2.18. The van der Waals surface area contributed by atoms with Crippen molar-refractivity contribution >= 4 is 5.69 Å². The van der Waals surface area contributed by atoms with Crippen LogP contribution < -0.4 is 5.32 Å².